The van der Waals surface area contributed by atoms with Crippen LogP contribution in [-0.2, 0) is 14.4 Å². The van der Waals surface area contributed by atoms with E-state index in [0.717, 1.165) is 10.6 Å². The first-order valence-electron chi connectivity index (χ1n) is 7.89. The summed E-state index contributed by atoms with van der Waals surface area (Å²) < 4.78 is 0. The van der Waals surface area contributed by atoms with Crippen LogP contribution in [0.4, 0.5) is 5.69 Å². The number of anilines is 1. The molecule has 1 aromatic rings. The Labute approximate surface area is 147 Å². The van der Waals surface area contributed by atoms with Crippen molar-refractivity contribution in [1.82, 2.24) is 10.6 Å². The summed E-state index contributed by atoms with van der Waals surface area (Å²) in [4.78, 5) is 35.5. The molecule has 1 rings (SSSR count). The van der Waals surface area contributed by atoms with Crippen molar-refractivity contribution in [3.63, 3.8) is 0 Å². The third-order valence-corrected chi connectivity index (χ3v) is 4.07. The van der Waals surface area contributed by atoms with Crippen molar-refractivity contribution < 1.29 is 14.4 Å². The minimum Gasteiger partial charge on any atom is -0.355 e. The lowest BCUT2D eigenvalue weighted by Gasteiger charge is -2.13. The van der Waals surface area contributed by atoms with Crippen molar-refractivity contribution in [2.75, 3.05) is 11.9 Å². The molecule has 0 bridgehead atoms. The van der Waals surface area contributed by atoms with Crippen LogP contribution in [0, 0.1) is 0 Å². The van der Waals surface area contributed by atoms with E-state index in [1.54, 1.807) is 12.1 Å². The van der Waals surface area contributed by atoms with Gasteiger partial charge in [0.15, 0.2) is 0 Å². The number of thioether (sulfide) groups is 1. The third kappa shape index (κ3) is 8.01. The van der Waals surface area contributed by atoms with Crippen molar-refractivity contribution in [2.24, 2.45) is 0 Å². The average molecular weight is 351 g/mol. The maximum atomic E-state index is 12.0. The van der Waals surface area contributed by atoms with Gasteiger partial charge >= 0.3 is 0 Å². The van der Waals surface area contributed by atoms with Crippen LogP contribution in [0.1, 0.15) is 34.1 Å². The van der Waals surface area contributed by atoms with Crippen LogP contribution in [0.25, 0.3) is 0 Å². The number of nitrogens with one attached hydrogen (secondary N) is 3. The second kappa shape index (κ2) is 9.97. The third-order valence-electron chi connectivity index (χ3n) is 2.96. The zero-order chi connectivity index (χ0) is 18.1. The summed E-state index contributed by atoms with van der Waals surface area (Å²) in [7, 11) is 0. The normalized spacial score (nSPS) is 11.7. The average Bonchev–Trinajstić information content (AvgIpc) is 2.47. The molecule has 0 aliphatic carbocycles. The Kier molecular flexibility index (Phi) is 8.32. The Morgan fingerprint density at radius 1 is 1.08 bits per heavy atom. The zero-order valence-electron chi connectivity index (χ0n) is 14.5. The maximum Gasteiger partial charge on any atom is 0.233 e. The van der Waals surface area contributed by atoms with Gasteiger partial charge in [0.1, 0.15) is 0 Å². The molecule has 0 heterocycles. The Morgan fingerprint density at radius 2 is 1.71 bits per heavy atom. The van der Waals surface area contributed by atoms with Crippen molar-refractivity contribution in [3.05, 3.63) is 24.3 Å². The first-order chi connectivity index (χ1) is 11.3. The minimum absolute atomic E-state index is 0.0702. The second-order valence-electron chi connectivity index (χ2n) is 5.73. The molecule has 24 heavy (non-hydrogen) atoms. The fourth-order valence-electron chi connectivity index (χ4n) is 1.91. The molecular weight excluding hydrogens is 326 g/mol. The number of rotatable bonds is 8. The molecule has 0 aromatic heterocycles. The Bertz CT molecular complexity index is 573. The molecule has 6 nitrogen and oxygen atoms in total. The Balaban J connectivity index is 2.38. The van der Waals surface area contributed by atoms with Gasteiger partial charge in [0, 0.05) is 36.5 Å². The number of hydrogen-bond donors (Lipinski definition) is 3. The quantitative estimate of drug-likeness (QED) is 0.626. The number of carbonyl (C=O) groups is 3. The van der Waals surface area contributed by atoms with Gasteiger partial charge in [-0.15, -0.1) is 11.8 Å². The molecule has 0 radical (unpaired) electrons. The predicted molar refractivity (Wildman–Crippen MR) is 97.0 cm³/mol. The molecule has 0 saturated heterocycles. The van der Waals surface area contributed by atoms with Crippen molar-refractivity contribution in [1.29, 1.82) is 0 Å². The summed E-state index contributed by atoms with van der Waals surface area (Å²) in [5.74, 6) is -0.299. The van der Waals surface area contributed by atoms with E-state index in [2.05, 4.69) is 16.0 Å². The van der Waals surface area contributed by atoms with Gasteiger partial charge in [-0.1, -0.05) is 0 Å². The smallest absolute Gasteiger partial charge is 0.233 e. The highest BCUT2D eigenvalue weighted by Gasteiger charge is 2.14. The number of amides is 3. The van der Waals surface area contributed by atoms with Gasteiger partial charge < -0.3 is 16.0 Å². The lowest BCUT2D eigenvalue weighted by Crippen LogP contribution is -2.36. The van der Waals surface area contributed by atoms with E-state index < -0.39 is 0 Å². The standard InChI is InChI=1S/C17H25N3O3S/c1-11(2)19-16(22)9-10-18-17(23)12(3)24-15-7-5-14(6-8-15)20-13(4)21/h5-8,11-12H,9-10H2,1-4H3,(H,18,23)(H,19,22)(H,20,21). The molecule has 7 heteroatoms. The van der Waals surface area contributed by atoms with Gasteiger partial charge in [-0.25, -0.2) is 0 Å². The molecule has 0 aliphatic heterocycles. The van der Waals surface area contributed by atoms with Gasteiger partial charge in [-0.3, -0.25) is 14.4 Å². The number of benzene rings is 1. The monoisotopic (exact) mass is 351 g/mol. The lowest BCUT2D eigenvalue weighted by molar-refractivity contribution is -0.122. The van der Waals surface area contributed by atoms with Crippen molar-refractivity contribution >= 4 is 35.2 Å². The van der Waals surface area contributed by atoms with E-state index in [1.807, 2.05) is 32.9 Å². The minimum atomic E-state index is -0.273. The first-order valence-corrected chi connectivity index (χ1v) is 8.77. The van der Waals surface area contributed by atoms with E-state index >= 15 is 0 Å². The largest absolute Gasteiger partial charge is 0.355 e. The predicted octanol–water partition coefficient (Wildman–Crippen LogP) is 2.16. The molecule has 132 valence electrons. The van der Waals surface area contributed by atoms with Crippen LogP contribution in [0.5, 0.6) is 0 Å². The fourth-order valence-corrected chi connectivity index (χ4v) is 2.81. The van der Waals surface area contributed by atoms with Gasteiger partial charge in [-0.2, -0.15) is 0 Å². The van der Waals surface area contributed by atoms with Crippen molar-refractivity contribution in [3.8, 4) is 0 Å². The summed E-state index contributed by atoms with van der Waals surface area (Å²) >= 11 is 1.42. The molecule has 1 atom stereocenters. The molecule has 0 spiro atoms. The van der Waals surface area contributed by atoms with Gasteiger partial charge in [0.05, 0.1) is 5.25 Å². The summed E-state index contributed by atoms with van der Waals surface area (Å²) in [5, 5.41) is 7.97. The van der Waals surface area contributed by atoms with Crippen molar-refractivity contribution in [2.45, 2.75) is 50.3 Å². The van der Waals surface area contributed by atoms with Gasteiger partial charge in [0.25, 0.3) is 0 Å². The number of carbonyl (C=O) groups excluding carboxylic acids is 3. The van der Waals surface area contributed by atoms with Gasteiger partial charge in [0.2, 0.25) is 17.7 Å². The van der Waals surface area contributed by atoms with E-state index in [1.165, 1.54) is 18.7 Å². The molecule has 3 N–H and O–H groups in total. The summed E-state index contributed by atoms with van der Waals surface area (Å²) in [6.07, 6.45) is 0.271. The highest BCUT2D eigenvalue weighted by atomic mass is 32.2. The Morgan fingerprint density at radius 3 is 2.25 bits per heavy atom. The molecule has 1 unspecified atom stereocenters. The van der Waals surface area contributed by atoms with E-state index in [-0.39, 0.29) is 35.4 Å². The highest BCUT2D eigenvalue weighted by Crippen LogP contribution is 2.24. The van der Waals surface area contributed by atoms with Crippen LogP contribution in [-0.4, -0.2) is 35.6 Å². The van der Waals surface area contributed by atoms with Crippen LogP contribution < -0.4 is 16.0 Å². The zero-order valence-corrected chi connectivity index (χ0v) is 15.3. The van der Waals surface area contributed by atoms with Crippen LogP contribution >= 0.6 is 11.8 Å². The van der Waals surface area contributed by atoms with E-state index in [4.69, 9.17) is 0 Å². The first kappa shape index (κ1) is 20.0. The summed E-state index contributed by atoms with van der Waals surface area (Å²) in [6.45, 7) is 7.38. The summed E-state index contributed by atoms with van der Waals surface area (Å²) in [6, 6.07) is 7.41. The summed E-state index contributed by atoms with van der Waals surface area (Å²) in [5.41, 5.74) is 0.722. The van der Waals surface area contributed by atoms with E-state index in [9.17, 15) is 14.4 Å². The molecule has 0 fully saturated rings. The SMILES string of the molecule is CC(=O)Nc1ccc(SC(C)C(=O)NCCC(=O)NC(C)C)cc1. The van der Waals surface area contributed by atoms with Gasteiger partial charge in [-0.05, 0) is 45.0 Å². The molecule has 0 aliphatic rings. The maximum absolute atomic E-state index is 12.0. The van der Waals surface area contributed by atoms with E-state index in [0.29, 0.717) is 6.54 Å². The van der Waals surface area contributed by atoms with Crippen LogP contribution in [0.3, 0.4) is 0 Å². The lowest BCUT2D eigenvalue weighted by atomic mass is 10.3. The molecule has 0 saturated carbocycles. The second-order valence-corrected chi connectivity index (χ2v) is 7.14. The molecule has 3 amide bonds. The number of hydrogen-bond acceptors (Lipinski definition) is 4. The molecular formula is C17H25N3O3S. The fraction of sp³-hybridized carbons (Fsp3) is 0.471. The topological polar surface area (TPSA) is 87.3 Å². The van der Waals surface area contributed by atoms with Crippen LogP contribution in [0.2, 0.25) is 0 Å². The molecule has 1 aromatic carbocycles. The van der Waals surface area contributed by atoms with Crippen LogP contribution in [0.15, 0.2) is 29.2 Å². The highest BCUT2D eigenvalue weighted by molar-refractivity contribution is 8.00. The Hall–Kier alpha value is -2.02.